The van der Waals surface area contributed by atoms with E-state index in [-0.39, 0.29) is 11.9 Å². The lowest BCUT2D eigenvalue weighted by Crippen LogP contribution is -2.33. The predicted molar refractivity (Wildman–Crippen MR) is 59.4 cm³/mol. The highest BCUT2D eigenvalue weighted by Crippen LogP contribution is 2.31. The lowest BCUT2D eigenvalue weighted by atomic mass is 10.0. The first-order valence-electron chi connectivity index (χ1n) is 5.00. The van der Waals surface area contributed by atoms with Crippen molar-refractivity contribution in [2.45, 2.75) is 13.0 Å². The smallest absolute Gasteiger partial charge is 0.134 e. The SMILES string of the molecule is Cc1cc(Cl)c(O)cc1C1CNCCO1. The average Bonchev–Trinajstić information content (AvgIpc) is 2.25. The third-order valence-corrected chi connectivity index (χ3v) is 2.91. The van der Waals surface area contributed by atoms with E-state index in [1.165, 1.54) is 0 Å². The lowest BCUT2D eigenvalue weighted by Gasteiger charge is -2.25. The number of phenolic OH excluding ortho intramolecular Hbond substituents is 1. The van der Waals surface area contributed by atoms with Crippen molar-refractivity contribution in [2.24, 2.45) is 0 Å². The Kier molecular flexibility index (Phi) is 3.14. The Hall–Kier alpha value is -0.770. The van der Waals surface area contributed by atoms with Crippen LogP contribution in [0.15, 0.2) is 12.1 Å². The number of phenols is 1. The fraction of sp³-hybridized carbons (Fsp3) is 0.455. The number of ether oxygens (including phenoxy) is 1. The van der Waals surface area contributed by atoms with Crippen LogP contribution in [0.4, 0.5) is 0 Å². The van der Waals surface area contributed by atoms with Crippen LogP contribution in [0.3, 0.4) is 0 Å². The van der Waals surface area contributed by atoms with Gasteiger partial charge in [0.15, 0.2) is 0 Å². The van der Waals surface area contributed by atoms with Crippen LogP contribution in [-0.2, 0) is 4.74 Å². The summed E-state index contributed by atoms with van der Waals surface area (Å²) in [7, 11) is 0. The van der Waals surface area contributed by atoms with Crippen molar-refractivity contribution in [3.8, 4) is 5.75 Å². The minimum atomic E-state index is 0.0157. The Morgan fingerprint density at radius 1 is 1.53 bits per heavy atom. The summed E-state index contributed by atoms with van der Waals surface area (Å²) < 4.78 is 5.62. The largest absolute Gasteiger partial charge is 0.506 e. The molecule has 0 amide bonds. The summed E-state index contributed by atoms with van der Waals surface area (Å²) >= 11 is 5.82. The number of nitrogens with one attached hydrogen (secondary N) is 1. The summed E-state index contributed by atoms with van der Waals surface area (Å²) in [5, 5.41) is 13.2. The zero-order valence-corrected chi connectivity index (χ0v) is 9.34. The van der Waals surface area contributed by atoms with Gasteiger partial charge in [0.25, 0.3) is 0 Å². The van der Waals surface area contributed by atoms with Crippen molar-refractivity contribution >= 4 is 11.6 Å². The second-order valence-corrected chi connectivity index (χ2v) is 4.13. The molecule has 1 heterocycles. The van der Waals surface area contributed by atoms with Crippen LogP contribution < -0.4 is 5.32 Å². The molecule has 3 nitrogen and oxygen atoms in total. The molecule has 2 rings (SSSR count). The first kappa shape index (κ1) is 10.7. The monoisotopic (exact) mass is 227 g/mol. The highest BCUT2D eigenvalue weighted by atomic mass is 35.5. The minimum absolute atomic E-state index is 0.0157. The summed E-state index contributed by atoms with van der Waals surface area (Å²) in [5.74, 6) is 0.117. The van der Waals surface area contributed by atoms with Gasteiger partial charge < -0.3 is 15.2 Å². The van der Waals surface area contributed by atoms with E-state index in [1.807, 2.05) is 6.92 Å². The molecule has 1 atom stereocenters. The zero-order chi connectivity index (χ0) is 10.8. The number of halogens is 1. The van der Waals surface area contributed by atoms with E-state index < -0.39 is 0 Å². The summed E-state index contributed by atoms with van der Waals surface area (Å²) in [6.07, 6.45) is 0.0157. The van der Waals surface area contributed by atoms with E-state index in [4.69, 9.17) is 16.3 Å². The van der Waals surface area contributed by atoms with Crippen LogP contribution in [-0.4, -0.2) is 24.8 Å². The molecule has 1 aromatic rings. The standard InChI is InChI=1S/C11H14ClNO2/c1-7-4-9(12)10(14)5-8(7)11-6-13-2-3-15-11/h4-5,11,13-14H,2-3,6H2,1H3. The van der Waals surface area contributed by atoms with Gasteiger partial charge in [-0.15, -0.1) is 0 Å². The number of morpholine rings is 1. The molecule has 1 aliphatic rings. The normalized spacial score (nSPS) is 21.6. The van der Waals surface area contributed by atoms with Crippen molar-refractivity contribution in [1.29, 1.82) is 0 Å². The fourth-order valence-corrected chi connectivity index (χ4v) is 2.01. The second kappa shape index (κ2) is 4.39. The van der Waals surface area contributed by atoms with Gasteiger partial charge in [-0.2, -0.15) is 0 Å². The van der Waals surface area contributed by atoms with Gasteiger partial charge in [-0.1, -0.05) is 11.6 Å². The number of hydrogen-bond acceptors (Lipinski definition) is 3. The average molecular weight is 228 g/mol. The molecule has 1 fully saturated rings. The Morgan fingerprint density at radius 2 is 2.33 bits per heavy atom. The van der Waals surface area contributed by atoms with Crippen molar-refractivity contribution < 1.29 is 9.84 Å². The molecule has 1 aromatic carbocycles. The van der Waals surface area contributed by atoms with E-state index in [1.54, 1.807) is 12.1 Å². The fourth-order valence-electron chi connectivity index (χ4n) is 1.79. The highest BCUT2D eigenvalue weighted by molar-refractivity contribution is 6.32. The van der Waals surface area contributed by atoms with Gasteiger partial charge in [0.1, 0.15) is 5.75 Å². The Morgan fingerprint density at radius 3 is 3.00 bits per heavy atom. The van der Waals surface area contributed by atoms with Crippen LogP contribution in [0.1, 0.15) is 17.2 Å². The maximum Gasteiger partial charge on any atom is 0.134 e. The Labute approximate surface area is 94.0 Å². The Bertz CT molecular complexity index is 362. The van der Waals surface area contributed by atoms with Gasteiger partial charge in [0, 0.05) is 13.1 Å². The summed E-state index contributed by atoms with van der Waals surface area (Å²) in [4.78, 5) is 0. The van der Waals surface area contributed by atoms with Crippen LogP contribution in [0.5, 0.6) is 5.75 Å². The Balaban J connectivity index is 2.30. The van der Waals surface area contributed by atoms with Crippen molar-refractivity contribution in [3.05, 3.63) is 28.3 Å². The highest BCUT2D eigenvalue weighted by Gasteiger charge is 2.18. The van der Waals surface area contributed by atoms with Gasteiger partial charge in [0.2, 0.25) is 0 Å². The zero-order valence-electron chi connectivity index (χ0n) is 8.59. The van der Waals surface area contributed by atoms with Crippen LogP contribution in [0.2, 0.25) is 5.02 Å². The van der Waals surface area contributed by atoms with E-state index in [9.17, 15) is 5.11 Å². The van der Waals surface area contributed by atoms with Crippen LogP contribution >= 0.6 is 11.6 Å². The number of aromatic hydroxyl groups is 1. The molecule has 15 heavy (non-hydrogen) atoms. The molecule has 2 N–H and O–H groups in total. The van der Waals surface area contributed by atoms with Crippen LogP contribution in [0.25, 0.3) is 0 Å². The number of benzene rings is 1. The first-order chi connectivity index (χ1) is 7.18. The minimum Gasteiger partial charge on any atom is -0.506 e. The van der Waals surface area contributed by atoms with E-state index >= 15 is 0 Å². The molecule has 1 unspecified atom stereocenters. The van der Waals surface area contributed by atoms with Gasteiger partial charge in [-0.05, 0) is 30.2 Å². The maximum atomic E-state index is 9.55. The van der Waals surface area contributed by atoms with E-state index in [0.717, 1.165) is 24.2 Å². The lowest BCUT2D eigenvalue weighted by molar-refractivity contribution is 0.0272. The second-order valence-electron chi connectivity index (χ2n) is 3.72. The van der Waals surface area contributed by atoms with Gasteiger partial charge in [0.05, 0.1) is 17.7 Å². The predicted octanol–water partition coefficient (Wildman–Crippen LogP) is 2.01. The number of aryl methyl sites for hydroxylation is 1. The van der Waals surface area contributed by atoms with Crippen molar-refractivity contribution in [1.82, 2.24) is 5.32 Å². The third-order valence-electron chi connectivity index (χ3n) is 2.61. The molecule has 4 heteroatoms. The van der Waals surface area contributed by atoms with Gasteiger partial charge >= 0.3 is 0 Å². The number of hydrogen-bond donors (Lipinski definition) is 2. The third kappa shape index (κ3) is 2.25. The molecule has 0 saturated carbocycles. The number of rotatable bonds is 1. The quantitative estimate of drug-likeness (QED) is 0.771. The summed E-state index contributed by atoms with van der Waals surface area (Å²) in [6, 6.07) is 3.46. The molecule has 1 aliphatic heterocycles. The molecule has 0 aromatic heterocycles. The molecule has 1 saturated heterocycles. The first-order valence-corrected chi connectivity index (χ1v) is 5.37. The van der Waals surface area contributed by atoms with E-state index in [0.29, 0.717) is 11.6 Å². The van der Waals surface area contributed by atoms with Crippen LogP contribution in [0, 0.1) is 6.92 Å². The van der Waals surface area contributed by atoms with E-state index in [2.05, 4.69) is 5.32 Å². The maximum absolute atomic E-state index is 9.55. The van der Waals surface area contributed by atoms with Gasteiger partial charge in [-0.3, -0.25) is 0 Å². The van der Waals surface area contributed by atoms with Crippen molar-refractivity contribution in [3.63, 3.8) is 0 Å². The van der Waals surface area contributed by atoms with Crippen molar-refractivity contribution in [2.75, 3.05) is 19.7 Å². The molecule has 0 bridgehead atoms. The topological polar surface area (TPSA) is 41.5 Å². The molecule has 0 aliphatic carbocycles. The molecular weight excluding hydrogens is 214 g/mol. The van der Waals surface area contributed by atoms with Gasteiger partial charge in [-0.25, -0.2) is 0 Å². The molecular formula is C11H14ClNO2. The molecule has 82 valence electrons. The summed E-state index contributed by atoms with van der Waals surface area (Å²) in [6.45, 7) is 4.34. The molecule has 0 radical (unpaired) electrons. The summed E-state index contributed by atoms with van der Waals surface area (Å²) in [5.41, 5.74) is 2.05. The molecule has 0 spiro atoms.